The van der Waals surface area contributed by atoms with Gasteiger partial charge in [0.15, 0.2) is 0 Å². The molecule has 2 unspecified atom stereocenters. The third kappa shape index (κ3) is 2.75. The van der Waals surface area contributed by atoms with Gasteiger partial charge in [0.05, 0.1) is 17.1 Å². The van der Waals surface area contributed by atoms with Crippen LogP contribution in [0.3, 0.4) is 0 Å². The Morgan fingerprint density at radius 3 is 2.00 bits per heavy atom. The Morgan fingerprint density at radius 1 is 1.10 bits per heavy atom. The van der Waals surface area contributed by atoms with Gasteiger partial charge in [-0.1, -0.05) is 27.7 Å². The molecule has 0 aromatic carbocycles. The van der Waals surface area contributed by atoms with Crippen LogP contribution < -0.4 is 0 Å². The minimum absolute atomic E-state index is 0.485. The number of aliphatic hydroxyl groups is 1. The molecule has 0 aromatic heterocycles. The quantitative estimate of drug-likeness (QED) is 0.806. The van der Waals surface area contributed by atoms with Crippen LogP contribution in [0.25, 0.3) is 0 Å². The van der Waals surface area contributed by atoms with Crippen LogP contribution in [0, 0.1) is 40.4 Å². The van der Waals surface area contributed by atoms with Crippen molar-refractivity contribution in [2.45, 2.75) is 78.2 Å². The Kier molecular flexibility index (Phi) is 4.50. The Labute approximate surface area is 124 Å². The minimum atomic E-state index is -0.749. The summed E-state index contributed by atoms with van der Waals surface area (Å²) in [6, 6.07) is 2.58. The van der Waals surface area contributed by atoms with Crippen LogP contribution in [0.1, 0.15) is 72.6 Å². The zero-order chi connectivity index (χ0) is 15.0. The predicted molar refractivity (Wildman–Crippen MR) is 82.0 cm³/mol. The van der Waals surface area contributed by atoms with Gasteiger partial charge in [0, 0.05) is 0 Å². The van der Waals surface area contributed by atoms with E-state index in [9.17, 15) is 10.4 Å². The van der Waals surface area contributed by atoms with Gasteiger partial charge < -0.3 is 5.11 Å². The first kappa shape index (κ1) is 15.8. The van der Waals surface area contributed by atoms with E-state index in [0.29, 0.717) is 17.8 Å². The van der Waals surface area contributed by atoms with E-state index in [1.54, 1.807) is 0 Å². The molecular weight excluding hydrogens is 246 g/mol. The number of hydrogen-bond acceptors (Lipinski definition) is 2. The van der Waals surface area contributed by atoms with Gasteiger partial charge in [-0.25, -0.2) is 0 Å². The summed E-state index contributed by atoms with van der Waals surface area (Å²) < 4.78 is 0. The standard InChI is InChI=1S/C18H31NO/c1-13(2)16-5-7-17(12-19,8-6-16)18(20)10-14(3)9-15(4)11-18/h13-16,20H,5-11H2,1-4H3. The molecule has 2 nitrogen and oxygen atoms in total. The molecule has 0 saturated heterocycles. The van der Waals surface area contributed by atoms with E-state index >= 15 is 0 Å². The highest BCUT2D eigenvalue weighted by atomic mass is 16.3. The first-order chi connectivity index (χ1) is 9.32. The monoisotopic (exact) mass is 277 g/mol. The van der Waals surface area contributed by atoms with Gasteiger partial charge in [0.2, 0.25) is 0 Å². The molecule has 1 N–H and O–H groups in total. The van der Waals surface area contributed by atoms with Crippen molar-refractivity contribution in [2.75, 3.05) is 0 Å². The molecular formula is C18H31NO. The minimum Gasteiger partial charge on any atom is -0.388 e. The van der Waals surface area contributed by atoms with E-state index in [4.69, 9.17) is 0 Å². The molecule has 2 aliphatic rings. The Hall–Kier alpha value is -0.550. The summed E-state index contributed by atoms with van der Waals surface area (Å²) in [5, 5.41) is 21.1. The van der Waals surface area contributed by atoms with E-state index in [0.717, 1.165) is 44.4 Å². The molecule has 2 saturated carbocycles. The van der Waals surface area contributed by atoms with Crippen molar-refractivity contribution in [2.24, 2.45) is 29.1 Å². The predicted octanol–water partition coefficient (Wildman–Crippen LogP) is 4.53. The molecule has 2 aliphatic carbocycles. The summed E-state index contributed by atoms with van der Waals surface area (Å²) in [4.78, 5) is 0. The van der Waals surface area contributed by atoms with Gasteiger partial charge in [0.25, 0.3) is 0 Å². The maximum absolute atomic E-state index is 11.3. The highest BCUT2D eigenvalue weighted by Gasteiger charge is 2.54. The van der Waals surface area contributed by atoms with Gasteiger partial charge in [-0.2, -0.15) is 5.26 Å². The molecule has 0 heterocycles. The van der Waals surface area contributed by atoms with Gasteiger partial charge in [0.1, 0.15) is 0 Å². The SMILES string of the molecule is CC1CC(C)CC(O)(C2(C#N)CCC(C(C)C)CC2)C1. The largest absolute Gasteiger partial charge is 0.388 e. The van der Waals surface area contributed by atoms with Crippen LogP contribution in [0.15, 0.2) is 0 Å². The first-order valence-corrected chi connectivity index (χ1v) is 8.45. The number of nitrogens with zero attached hydrogens (tertiary/aromatic N) is 1. The normalized spacial score (nSPS) is 46.1. The zero-order valence-corrected chi connectivity index (χ0v) is 13.7. The molecule has 0 amide bonds. The second kappa shape index (κ2) is 5.68. The third-order valence-electron chi connectivity index (χ3n) is 6.11. The molecule has 0 aromatic rings. The summed E-state index contributed by atoms with van der Waals surface area (Å²) in [7, 11) is 0. The first-order valence-electron chi connectivity index (χ1n) is 8.45. The molecule has 2 fully saturated rings. The lowest BCUT2D eigenvalue weighted by molar-refractivity contribution is -0.125. The number of rotatable bonds is 2. The van der Waals surface area contributed by atoms with Crippen LogP contribution in [0.5, 0.6) is 0 Å². The summed E-state index contributed by atoms with van der Waals surface area (Å²) in [6.45, 7) is 9.02. The van der Waals surface area contributed by atoms with Crippen LogP contribution in [0.2, 0.25) is 0 Å². The van der Waals surface area contributed by atoms with E-state index in [1.807, 2.05) is 0 Å². The van der Waals surface area contributed by atoms with Crippen LogP contribution in [0.4, 0.5) is 0 Å². The van der Waals surface area contributed by atoms with Crippen molar-refractivity contribution in [3.63, 3.8) is 0 Å². The second-order valence-electron chi connectivity index (χ2n) is 8.16. The van der Waals surface area contributed by atoms with Crippen LogP contribution in [-0.2, 0) is 0 Å². The van der Waals surface area contributed by atoms with Gasteiger partial charge in [-0.3, -0.25) is 0 Å². The highest BCUT2D eigenvalue weighted by molar-refractivity contribution is 5.14. The molecule has 2 heteroatoms. The Balaban J connectivity index is 2.18. The van der Waals surface area contributed by atoms with E-state index < -0.39 is 11.0 Å². The smallest absolute Gasteiger partial charge is 0.0860 e. The molecule has 0 radical (unpaired) electrons. The molecule has 114 valence electrons. The van der Waals surface area contributed by atoms with E-state index in [-0.39, 0.29) is 0 Å². The van der Waals surface area contributed by atoms with Gasteiger partial charge in [-0.15, -0.1) is 0 Å². The fourth-order valence-corrected chi connectivity index (χ4v) is 4.96. The molecule has 0 spiro atoms. The van der Waals surface area contributed by atoms with Crippen LogP contribution >= 0.6 is 0 Å². The molecule has 0 aliphatic heterocycles. The van der Waals surface area contributed by atoms with Crippen molar-refractivity contribution in [1.29, 1.82) is 5.26 Å². The van der Waals surface area contributed by atoms with Gasteiger partial charge >= 0.3 is 0 Å². The molecule has 2 rings (SSSR count). The van der Waals surface area contributed by atoms with Gasteiger partial charge in [-0.05, 0) is 68.6 Å². The van der Waals surface area contributed by atoms with E-state index in [2.05, 4.69) is 33.8 Å². The van der Waals surface area contributed by atoms with Crippen molar-refractivity contribution >= 4 is 0 Å². The van der Waals surface area contributed by atoms with Crippen molar-refractivity contribution < 1.29 is 5.11 Å². The zero-order valence-electron chi connectivity index (χ0n) is 13.7. The third-order valence-corrected chi connectivity index (χ3v) is 6.11. The van der Waals surface area contributed by atoms with Crippen molar-refractivity contribution in [1.82, 2.24) is 0 Å². The van der Waals surface area contributed by atoms with E-state index in [1.165, 1.54) is 6.42 Å². The van der Waals surface area contributed by atoms with Crippen molar-refractivity contribution in [3.05, 3.63) is 0 Å². The maximum Gasteiger partial charge on any atom is 0.0860 e. The average Bonchev–Trinajstić information content (AvgIpc) is 2.36. The molecule has 2 atom stereocenters. The average molecular weight is 277 g/mol. The lowest BCUT2D eigenvalue weighted by Crippen LogP contribution is -2.53. The summed E-state index contributed by atoms with van der Waals surface area (Å²) >= 11 is 0. The second-order valence-corrected chi connectivity index (χ2v) is 8.16. The Bertz CT molecular complexity index is 363. The number of nitriles is 1. The van der Waals surface area contributed by atoms with Crippen molar-refractivity contribution in [3.8, 4) is 6.07 Å². The topological polar surface area (TPSA) is 44.0 Å². The lowest BCUT2D eigenvalue weighted by atomic mass is 9.55. The molecule has 20 heavy (non-hydrogen) atoms. The maximum atomic E-state index is 11.3. The fourth-order valence-electron chi connectivity index (χ4n) is 4.96. The Morgan fingerprint density at radius 2 is 1.60 bits per heavy atom. The fraction of sp³-hybridized carbons (Fsp3) is 0.944. The summed E-state index contributed by atoms with van der Waals surface area (Å²) in [5.74, 6) is 2.51. The number of hydrogen-bond donors (Lipinski definition) is 1. The van der Waals surface area contributed by atoms with Crippen LogP contribution in [-0.4, -0.2) is 10.7 Å². The summed E-state index contributed by atoms with van der Waals surface area (Å²) in [6.07, 6.45) is 6.82. The molecule has 0 bridgehead atoms. The highest BCUT2D eigenvalue weighted by Crippen LogP contribution is 2.54. The summed E-state index contributed by atoms with van der Waals surface area (Å²) in [5.41, 5.74) is -1.23. The lowest BCUT2D eigenvalue weighted by Gasteiger charge is -2.51.